The van der Waals surface area contributed by atoms with Crippen LogP contribution in [0.25, 0.3) is 6.08 Å². The molecule has 2 aliphatic rings. The molecule has 1 saturated heterocycles. The second-order valence-corrected chi connectivity index (χ2v) is 11.7. The summed E-state index contributed by atoms with van der Waals surface area (Å²) in [5, 5.41) is 4.76. The third kappa shape index (κ3) is 5.29. The van der Waals surface area contributed by atoms with Gasteiger partial charge in [-0.2, -0.15) is 9.97 Å². The number of likely N-dealkylation sites (N-methyl/N-ethyl adjacent to an activating group) is 1. The Kier molecular flexibility index (Phi) is 6.46. The topological polar surface area (TPSA) is 66.4 Å². The molecule has 1 N–H and O–H groups in total. The number of hydrogen-bond donors (Lipinski definition) is 1. The molecular formula is C26H31ClN6OS. The fourth-order valence-corrected chi connectivity index (χ4v) is 5.36. The maximum atomic E-state index is 6.72. The van der Waals surface area contributed by atoms with Crippen molar-refractivity contribution in [1.29, 1.82) is 0 Å². The zero-order valence-corrected chi connectivity index (χ0v) is 22.4. The van der Waals surface area contributed by atoms with Crippen LogP contribution in [0.2, 0.25) is 5.02 Å². The van der Waals surface area contributed by atoms with Crippen LogP contribution in [-0.2, 0) is 11.8 Å². The van der Waals surface area contributed by atoms with Gasteiger partial charge in [-0.15, -0.1) is 11.3 Å². The fraction of sp³-hybridized carbons (Fsp3) is 0.423. The summed E-state index contributed by atoms with van der Waals surface area (Å²) in [6.07, 6.45) is 4.96. The van der Waals surface area contributed by atoms with Crippen LogP contribution in [0.5, 0.6) is 11.8 Å². The largest absolute Gasteiger partial charge is 0.423 e. The zero-order valence-electron chi connectivity index (χ0n) is 20.9. The SMILES string of the molecule is CC1=Cc2c(ccc(Oc3nc(Nc4ncc(C(C)(C)C)s4)cc(N4CCN(C)CC4)n3)c2Cl)C1. The zero-order chi connectivity index (χ0) is 24.7. The first-order chi connectivity index (χ1) is 16.7. The van der Waals surface area contributed by atoms with Gasteiger partial charge in [0.1, 0.15) is 17.4 Å². The first kappa shape index (κ1) is 24.0. The second kappa shape index (κ2) is 9.41. The van der Waals surface area contributed by atoms with Gasteiger partial charge in [0.25, 0.3) is 0 Å². The van der Waals surface area contributed by atoms with Gasteiger partial charge in [0.05, 0.1) is 5.02 Å². The molecule has 184 valence electrons. The summed E-state index contributed by atoms with van der Waals surface area (Å²) in [5.41, 5.74) is 3.57. The molecule has 0 radical (unpaired) electrons. The molecule has 1 aliphatic heterocycles. The molecule has 2 aromatic heterocycles. The first-order valence-corrected chi connectivity index (χ1v) is 13.1. The Morgan fingerprint density at radius 3 is 2.60 bits per heavy atom. The lowest BCUT2D eigenvalue weighted by Crippen LogP contribution is -2.44. The molecule has 3 heterocycles. The predicted octanol–water partition coefficient (Wildman–Crippen LogP) is 6.13. The van der Waals surface area contributed by atoms with Crippen molar-refractivity contribution in [3.63, 3.8) is 0 Å². The molecule has 1 aromatic carbocycles. The summed E-state index contributed by atoms with van der Waals surface area (Å²) >= 11 is 8.35. The Hall–Kier alpha value is -2.68. The van der Waals surface area contributed by atoms with Crippen molar-refractivity contribution >= 4 is 45.8 Å². The summed E-state index contributed by atoms with van der Waals surface area (Å²) in [6.45, 7) is 12.4. The van der Waals surface area contributed by atoms with E-state index in [1.807, 2.05) is 18.3 Å². The minimum Gasteiger partial charge on any atom is -0.423 e. The van der Waals surface area contributed by atoms with Gasteiger partial charge in [0, 0.05) is 48.9 Å². The van der Waals surface area contributed by atoms with Crippen LogP contribution in [0.3, 0.4) is 0 Å². The second-order valence-electron chi connectivity index (χ2n) is 10.3. The number of aromatic nitrogens is 3. The first-order valence-electron chi connectivity index (χ1n) is 11.9. The average molecular weight is 511 g/mol. The van der Waals surface area contributed by atoms with E-state index in [-0.39, 0.29) is 11.4 Å². The van der Waals surface area contributed by atoms with E-state index in [1.54, 1.807) is 11.3 Å². The van der Waals surface area contributed by atoms with Crippen LogP contribution >= 0.6 is 22.9 Å². The predicted molar refractivity (Wildman–Crippen MR) is 145 cm³/mol. The number of nitrogens with zero attached hydrogens (tertiary/aromatic N) is 5. The van der Waals surface area contributed by atoms with E-state index >= 15 is 0 Å². The third-order valence-electron chi connectivity index (χ3n) is 6.30. The number of rotatable bonds is 5. The molecule has 0 spiro atoms. The highest BCUT2D eigenvalue weighted by Crippen LogP contribution is 2.39. The highest BCUT2D eigenvalue weighted by molar-refractivity contribution is 7.15. The van der Waals surface area contributed by atoms with Gasteiger partial charge in [-0.05, 0) is 37.4 Å². The molecule has 35 heavy (non-hydrogen) atoms. The van der Waals surface area contributed by atoms with E-state index in [9.17, 15) is 0 Å². The highest BCUT2D eigenvalue weighted by atomic mass is 35.5. The molecule has 1 fully saturated rings. The van der Waals surface area contributed by atoms with Crippen LogP contribution in [-0.4, -0.2) is 53.1 Å². The lowest BCUT2D eigenvalue weighted by molar-refractivity contribution is 0.311. The third-order valence-corrected chi connectivity index (χ3v) is 8.02. The maximum absolute atomic E-state index is 6.72. The number of anilines is 3. The minimum absolute atomic E-state index is 0.0413. The van der Waals surface area contributed by atoms with Gasteiger partial charge in [-0.25, -0.2) is 4.98 Å². The van der Waals surface area contributed by atoms with Crippen molar-refractivity contribution in [2.75, 3.05) is 43.4 Å². The average Bonchev–Trinajstić information content (AvgIpc) is 3.43. The van der Waals surface area contributed by atoms with E-state index in [1.165, 1.54) is 16.0 Å². The molecule has 9 heteroatoms. The normalized spacial score (nSPS) is 16.3. The smallest absolute Gasteiger partial charge is 0.325 e. The van der Waals surface area contributed by atoms with E-state index in [0.717, 1.165) is 49.1 Å². The van der Waals surface area contributed by atoms with Crippen molar-refractivity contribution in [1.82, 2.24) is 19.9 Å². The number of hydrogen-bond acceptors (Lipinski definition) is 8. The molecular weight excluding hydrogens is 480 g/mol. The Morgan fingerprint density at radius 1 is 1.11 bits per heavy atom. The van der Waals surface area contributed by atoms with Crippen LogP contribution in [0, 0.1) is 0 Å². The summed E-state index contributed by atoms with van der Waals surface area (Å²) in [4.78, 5) is 19.8. The number of allylic oxidation sites excluding steroid dienone is 1. The molecule has 7 nitrogen and oxygen atoms in total. The Bertz CT molecular complexity index is 1270. The fourth-order valence-electron chi connectivity index (χ4n) is 4.21. The number of thiazole rings is 1. The van der Waals surface area contributed by atoms with Gasteiger partial charge in [-0.1, -0.05) is 50.1 Å². The van der Waals surface area contributed by atoms with E-state index in [2.05, 4.69) is 72.0 Å². The van der Waals surface area contributed by atoms with Gasteiger partial charge >= 0.3 is 6.01 Å². The molecule has 0 bridgehead atoms. The number of benzene rings is 1. The maximum Gasteiger partial charge on any atom is 0.325 e. The standard InChI is InChI=1S/C26H31ClN6OS/c1-16-12-17-6-7-19(23(27)18(17)13-16)34-24-29-21(30-25-28-15-20(35-25)26(2,3)4)14-22(31-24)33-10-8-32(5)9-11-33/h6-7,13-15H,8-12H2,1-5H3,(H,28,29,30,31). The number of ether oxygens (including phenoxy) is 1. The van der Waals surface area contributed by atoms with Gasteiger partial charge in [0.2, 0.25) is 0 Å². The molecule has 1 aliphatic carbocycles. The van der Waals surface area contributed by atoms with Crippen LogP contribution in [0.1, 0.15) is 43.7 Å². The van der Waals surface area contributed by atoms with Crippen molar-refractivity contribution in [3.05, 3.63) is 51.0 Å². The van der Waals surface area contributed by atoms with Gasteiger partial charge in [-0.3, -0.25) is 0 Å². The summed E-state index contributed by atoms with van der Waals surface area (Å²) in [5.74, 6) is 2.03. The van der Waals surface area contributed by atoms with Gasteiger partial charge in [0.15, 0.2) is 5.13 Å². The summed E-state index contributed by atoms with van der Waals surface area (Å²) in [7, 11) is 2.14. The van der Waals surface area contributed by atoms with Gasteiger partial charge < -0.3 is 19.9 Å². The quantitative estimate of drug-likeness (QED) is 0.442. The summed E-state index contributed by atoms with van der Waals surface area (Å²) in [6, 6.07) is 6.20. The monoisotopic (exact) mass is 510 g/mol. The number of halogens is 1. The van der Waals surface area contributed by atoms with E-state index < -0.39 is 0 Å². The number of nitrogens with one attached hydrogen (secondary N) is 1. The Balaban J connectivity index is 1.47. The Labute approximate surface area is 215 Å². The van der Waals surface area contributed by atoms with Crippen LogP contribution < -0.4 is 15.0 Å². The molecule has 0 saturated carbocycles. The highest BCUT2D eigenvalue weighted by Gasteiger charge is 2.22. The Morgan fingerprint density at radius 2 is 1.89 bits per heavy atom. The summed E-state index contributed by atoms with van der Waals surface area (Å²) < 4.78 is 6.18. The number of piperazine rings is 1. The molecule has 0 atom stereocenters. The van der Waals surface area contributed by atoms with Crippen molar-refractivity contribution in [2.45, 2.75) is 39.5 Å². The molecule has 3 aromatic rings. The lowest BCUT2D eigenvalue weighted by atomic mass is 9.96. The molecule has 0 amide bonds. The van der Waals surface area contributed by atoms with Crippen molar-refractivity contribution in [3.8, 4) is 11.8 Å². The number of fused-ring (bicyclic) bond motifs is 1. The van der Waals surface area contributed by atoms with Crippen molar-refractivity contribution < 1.29 is 4.74 Å². The van der Waals surface area contributed by atoms with E-state index in [4.69, 9.17) is 21.3 Å². The van der Waals surface area contributed by atoms with E-state index in [0.29, 0.717) is 16.6 Å². The molecule has 0 unspecified atom stereocenters. The lowest BCUT2D eigenvalue weighted by Gasteiger charge is -2.33. The van der Waals surface area contributed by atoms with Crippen LogP contribution in [0.4, 0.5) is 16.8 Å². The van der Waals surface area contributed by atoms with Crippen molar-refractivity contribution in [2.24, 2.45) is 0 Å². The molecule has 5 rings (SSSR count). The minimum atomic E-state index is 0.0413. The van der Waals surface area contributed by atoms with Crippen LogP contribution in [0.15, 0.2) is 30.0 Å².